The average Bonchev–Trinajstić information content (AvgIpc) is 2.28. The van der Waals surface area contributed by atoms with Crippen LogP contribution in [-0.4, -0.2) is 46.6 Å². The monoisotopic (exact) mass is 277 g/mol. The average molecular weight is 277 g/mol. The minimum Gasteiger partial charge on any atom is -0.392 e. The largest absolute Gasteiger partial charge is 0.415 e. The number of hydrogen-bond acceptors (Lipinski definition) is 3. The fraction of sp³-hybridized carbons (Fsp3) is 0.538. The zero-order valence-corrected chi connectivity index (χ0v) is 10.6. The molecule has 0 radical (unpaired) electrons. The molecule has 108 valence electrons. The number of benzene rings is 1. The number of hydrogen-bond donors (Lipinski definition) is 2. The number of alkyl halides is 3. The number of aliphatic hydroxyl groups excluding tert-OH is 2. The fourth-order valence-electron chi connectivity index (χ4n) is 1.77. The van der Waals surface area contributed by atoms with E-state index in [2.05, 4.69) is 0 Å². The maximum Gasteiger partial charge on any atom is 0.415 e. The van der Waals surface area contributed by atoms with E-state index in [1.807, 2.05) is 6.07 Å². The van der Waals surface area contributed by atoms with Crippen molar-refractivity contribution in [3.63, 3.8) is 0 Å². The first-order valence-corrected chi connectivity index (χ1v) is 5.98. The van der Waals surface area contributed by atoms with E-state index in [1.54, 1.807) is 24.3 Å². The van der Waals surface area contributed by atoms with Crippen LogP contribution in [0.2, 0.25) is 0 Å². The van der Waals surface area contributed by atoms with E-state index < -0.39 is 24.9 Å². The van der Waals surface area contributed by atoms with Crippen LogP contribution in [0.1, 0.15) is 12.5 Å². The third kappa shape index (κ3) is 6.04. The summed E-state index contributed by atoms with van der Waals surface area (Å²) in [6.45, 7) is 1.27. The van der Waals surface area contributed by atoms with Gasteiger partial charge in [0.25, 0.3) is 0 Å². The summed E-state index contributed by atoms with van der Waals surface area (Å²) < 4.78 is 37.0. The Balaban J connectivity index is 2.67. The van der Waals surface area contributed by atoms with Crippen molar-refractivity contribution in [1.29, 1.82) is 0 Å². The molecule has 0 spiro atoms. The van der Waals surface area contributed by atoms with E-state index in [0.717, 1.165) is 5.56 Å². The zero-order chi connectivity index (χ0) is 14.5. The maximum atomic E-state index is 12.3. The minimum absolute atomic E-state index is 0.0715. The lowest BCUT2D eigenvalue weighted by Crippen LogP contribution is -2.43. The molecule has 0 aliphatic rings. The Morgan fingerprint density at radius 2 is 1.68 bits per heavy atom. The molecule has 1 rings (SSSR count). The van der Waals surface area contributed by atoms with Gasteiger partial charge in [-0.3, -0.25) is 4.90 Å². The Morgan fingerprint density at radius 1 is 1.11 bits per heavy atom. The van der Waals surface area contributed by atoms with Crippen LogP contribution >= 0.6 is 0 Å². The topological polar surface area (TPSA) is 43.7 Å². The maximum absolute atomic E-state index is 12.3. The Hall–Kier alpha value is -1.11. The summed E-state index contributed by atoms with van der Waals surface area (Å²) in [7, 11) is 0. The van der Waals surface area contributed by atoms with Crippen molar-refractivity contribution < 1.29 is 23.4 Å². The molecule has 0 aliphatic carbocycles. The van der Waals surface area contributed by atoms with E-state index >= 15 is 0 Å². The molecule has 6 heteroatoms. The van der Waals surface area contributed by atoms with Crippen LogP contribution in [0, 0.1) is 0 Å². The summed E-state index contributed by atoms with van der Waals surface area (Å²) in [4.78, 5) is 1.39. The first kappa shape index (κ1) is 15.9. The van der Waals surface area contributed by atoms with Gasteiger partial charge in [-0.25, -0.2) is 0 Å². The molecule has 0 bridgehead atoms. The van der Waals surface area contributed by atoms with Crippen molar-refractivity contribution in [3.8, 4) is 0 Å². The molecular formula is C13H18F3NO2. The molecule has 0 amide bonds. The van der Waals surface area contributed by atoms with Crippen LogP contribution in [0.15, 0.2) is 30.3 Å². The first-order valence-electron chi connectivity index (χ1n) is 5.98. The van der Waals surface area contributed by atoms with E-state index in [9.17, 15) is 18.3 Å². The Labute approximate surface area is 110 Å². The molecule has 2 N–H and O–H groups in total. The second-order valence-electron chi connectivity index (χ2n) is 4.59. The van der Waals surface area contributed by atoms with Gasteiger partial charge in [0.05, 0.1) is 6.10 Å². The quantitative estimate of drug-likeness (QED) is 0.833. The zero-order valence-electron chi connectivity index (χ0n) is 10.6. The Kier molecular flexibility index (Phi) is 5.78. The Bertz CT molecular complexity index is 368. The molecule has 0 saturated carbocycles. The van der Waals surface area contributed by atoms with Crippen molar-refractivity contribution in [2.75, 3.05) is 13.1 Å². The van der Waals surface area contributed by atoms with Gasteiger partial charge < -0.3 is 10.2 Å². The molecule has 0 saturated heterocycles. The second-order valence-corrected chi connectivity index (χ2v) is 4.59. The SMILES string of the molecule is C[C@H](O)CN(Cc1ccccc1)C[C@@H](O)C(F)(F)F. The van der Waals surface area contributed by atoms with Crippen molar-refractivity contribution in [2.45, 2.75) is 31.9 Å². The third-order valence-electron chi connectivity index (χ3n) is 2.58. The second kappa shape index (κ2) is 6.88. The van der Waals surface area contributed by atoms with Gasteiger partial charge in [-0.1, -0.05) is 30.3 Å². The smallest absolute Gasteiger partial charge is 0.392 e. The van der Waals surface area contributed by atoms with Gasteiger partial charge in [0.2, 0.25) is 0 Å². The summed E-state index contributed by atoms with van der Waals surface area (Å²) in [6, 6.07) is 8.96. The van der Waals surface area contributed by atoms with Gasteiger partial charge in [0.15, 0.2) is 6.10 Å². The Morgan fingerprint density at radius 3 is 2.16 bits per heavy atom. The predicted molar refractivity (Wildman–Crippen MR) is 65.5 cm³/mol. The summed E-state index contributed by atoms with van der Waals surface area (Å²) in [5.41, 5.74) is 0.831. The van der Waals surface area contributed by atoms with Crippen molar-refractivity contribution in [3.05, 3.63) is 35.9 Å². The number of aliphatic hydroxyl groups is 2. The molecule has 0 fully saturated rings. The van der Waals surface area contributed by atoms with Crippen LogP contribution in [0.5, 0.6) is 0 Å². The molecule has 1 aromatic rings. The molecule has 0 aromatic heterocycles. The van der Waals surface area contributed by atoms with Crippen molar-refractivity contribution >= 4 is 0 Å². The van der Waals surface area contributed by atoms with E-state index in [4.69, 9.17) is 5.11 Å². The van der Waals surface area contributed by atoms with Crippen molar-refractivity contribution in [1.82, 2.24) is 4.90 Å². The van der Waals surface area contributed by atoms with Gasteiger partial charge in [-0.2, -0.15) is 13.2 Å². The highest BCUT2D eigenvalue weighted by Crippen LogP contribution is 2.21. The standard InChI is InChI=1S/C13H18F3NO2/c1-10(18)7-17(9-12(19)13(14,15)16)8-11-5-3-2-4-6-11/h2-6,10,12,18-19H,7-9H2,1H3/t10-,12+/m0/s1. The van der Waals surface area contributed by atoms with Crippen LogP contribution in [0.25, 0.3) is 0 Å². The summed E-state index contributed by atoms with van der Waals surface area (Å²) in [5.74, 6) is 0. The van der Waals surface area contributed by atoms with Crippen LogP contribution in [0.3, 0.4) is 0 Å². The summed E-state index contributed by atoms with van der Waals surface area (Å²) >= 11 is 0. The highest BCUT2D eigenvalue weighted by molar-refractivity contribution is 5.14. The molecule has 0 heterocycles. The molecule has 19 heavy (non-hydrogen) atoms. The fourth-order valence-corrected chi connectivity index (χ4v) is 1.77. The van der Waals surface area contributed by atoms with Gasteiger partial charge in [0.1, 0.15) is 0 Å². The van der Waals surface area contributed by atoms with Crippen molar-refractivity contribution in [2.24, 2.45) is 0 Å². The van der Waals surface area contributed by atoms with Crippen LogP contribution < -0.4 is 0 Å². The number of rotatable bonds is 6. The van der Waals surface area contributed by atoms with Crippen LogP contribution in [-0.2, 0) is 6.54 Å². The van der Waals surface area contributed by atoms with Gasteiger partial charge in [0, 0.05) is 19.6 Å². The normalized spacial score (nSPS) is 15.5. The lowest BCUT2D eigenvalue weighted by atomic mass is 10.2. The van der Waals surface area contributed by atoms with Crippen LogP contribution in [0.4, 0.5) is 13.2 Å². The van der Waals surface area contributed by atoms with Gasteiger partial charge >= 0.3 is 6.18 Å². The molecule has 2 atom stereocenters. The van der Waals surface area contributed by atoms with Gasteiger partial charge in [-0.15, -0.1) is 0 Å². The summed E-state index contributed by atoms with van der Waals surface area (Å²) in [6.07, 6.45) is -7.81. The molecule has 1 aromatic carbocycles. The van der Waals surface area contributed by atoms with E-state index in [0.29, 0.717) is 0 Å². The highest BCUT2D eigenvalue weighted by atomic mass is 19.4. The summed E-state index contributed by atoms with van der Waals surface area (Å²) in [5, 5.41) is 18.4. The lowest BCUT2D eigenvalue weighted by Gasteiger charge is -2.27. The number of nitrogens with zero attached hydrogens (tertiary/aromatic N) is 1. The molecular weight excluding hydrogens is 259 g/mol. The lowest BCUT2D eigenvalue weighted by molar-refractivity contribution is -0.209. The molecule has 0 aliphatic heterocycles. The minimum atomic E-state index is -4.65. The highest BCUT2D eigenvalue weighted by Gasteiger charge is 2.39. The molecule has 3 nitrogen and oxygen atoms in total. The van der Waals surface area contributed by atoms with E-state index in [1.165, 1.54) is 11.8 Å². The van der Waals surface area contributed by atoms with Gasteiger partial charge in [-0.05, 0) is 12.5 Å². The number of halogens is 3. The predicted octanol–water partition coefficient (Wildman–Crippen LogP) is 1.79. The molecule has 0 unspecified atom stereocenters. The third-order valence-corrected chi connectivity index (χ3v) is 2.58. The first-order chi connectivity index (χ1) is 8.79. The van der Waals surface area contributed by atoms with E-state index in [-0.39, 0.29) is 13.1 Å².